The van der Waals surface area contributed by atoms with Gasteiger partial charge >= 0.3 is 6.18 Å². The number of ketones is 1. The molecule has 0 N–H and O–H groups in total. The van der Waals surface area contributed by atoms with Gasteiger partial charge in [-0.1, -0.05) is 19.1 Å². The zero-order chi connectivity index (χ0) is 25.8. The number of hydrogen-bond donors (Lipinski definition) is 0. The molecule has 0 amide bonds. The topological polar surface area (TPSA) is 64.5 Å². The first kappa shape index (κ1) is 26.6. The number of rotatable bonds is 10. The van der Waals surface area contributed by atoms with Crippen LogP contribution in [-0.4, -0.2) is 53.7 Å². The molecule has 2 aromatic rings. The molecule has 0 saturated carbocycles. The van der Waals surface area contributed by atoms with Crippen molar-refractivity contribution in [3.05, 3.63) is 42.0 Å². The molecule has 1 aliphatic heterocycles. The predicted octanol–water partition coefficient (Wildman–Crippen LogP) is 5.32. The highest BCUT2D eigenvalue weighted by Crippen LogP contribution is 2.30. The smallest absolute Gasteiger partial charge is 0.389 e. The highest BCUT2D eigenvalue weighted by Gasteiger charge is 2.31. The van der Waals surface area contributed by atoms with Gasteiger partial charge in [0.2, 0.25) is 5.82 Å². The summed E-state index contributed by atoms with van der Waals surface area (Å²) in [7, 11) is 0. The van der Waals surface area contributed by atoms with Crippen LogP contribution >= 0.6 is 0 Å². The number of halogens is 6. The van der Waals surface area contributed by atoms with Gasteiger partial charge in [0.15, 0.2) is 12.4 Å². The van der Waals surface area contributed by atoms with Crippen molar-refractivity contribution in [2.45, 2.75) is 57.2 Å². The summed E-state index contributed by atoms with van der Waals surface area (Å²) in [5.41, 5.74) is 0.575. The van der Waals surface area contributed by atoms with Crippen LogP contribution in [0.15, 0.2) is 30.6 Å². The highest BCUT2D eigenvalue weighted by atomic mass is 19.4. The number of ether oxygens (including phenoxy) is 2. The molecule has 0 spiro atoms. The lowest BCUT2D eigenvalue weighted by Crippen LogP contribution is -2.27. The van der Waals surface area contributed by atoms with E-state index in [1.54, 1.807) is 36.1 Å². The second-order valence-electron chi connectivity index (χ2n) is 8.52. The van der Waals surface area contributed by atoms with E-state index in [4.69, 9.17) is 9.47 Å². The second kappa shape index (κ2) is 10.7. The molecule has 6 nitrogen and oxygen atoms in total. The molecular weight excluding hydrogens is 480 g/mol. The maximum Gasteiger partial charge on any atom is 0.389 e. The lowest BCUT2D eigenvalue weighted by molar-refractivity contribution is -0.143. The standard InChI is InChI=1S/C23H25F6N3O3/c1-14(18(33)7-9-23(27,28)29)15-3-5-16(6-4-15)35-17-8-10-32(11-17)20-19(24)21(31-13-30-20)34-12-22(2,25)26/h3-6,13-14,17H,7-12H2,1-2H3. The second-order valence-corrected chi connectivity index (χ2v) is 8.52. The van der Waals surface area contributed by atoms with E-state index in [1.807, 2.05) is 0 Å². The highest BCUT2D eigenvalue weighted by molar-refractivity contribution is 5.85. The number of Topliss-reactive ketones (excluding diaryl/α,β-unsaturated/α-hetero) is 1. The van der Waals surface area contributed by atoms with E-state index >= 15 is 0 Å². The Bertz CT molecular complexity index is 1010. The summed E-state index contributed by atoms with van der Waals surface area (Å²) in [6, 6.07) is 6.48. The lowest BCUT2D eigenvalue weighted by atomic mass is 9.94. The Balaban J connectivity index is 1.56. The van der Waals surface area contributed by atoms with E-state index in [2.05, 4.69) is 9.97 Å². The Hall–Kier alpha value is -3.05. The van der Waals surface area contributed by atoms with Gasteiger partial charge in [0.05, 0.1) is 13.0 Å². The average molecular weight is 505 g/mol. The summed E-state index contributed by atoms with van der Waals surface area (Å²) in [5, 5.41) is 0. The maximum atomic E-state index is 14.7. The summed E-state index contributed by atoms with van der Waals surface area (Å²) in [5.74, 6) is -5.43. The molecular formula is C23H25F6N3O3. The minimum Gasteiger partial charge on any atom is -0.489 e. The molecule has 2 unspecified atom stereocenters. The summed E-state index contributed by atoms with van der Waals surface area (Å²) < 4.78 is 88.5. The van der Waals surface area contributed by atoms with Gasteiger partial charge in [-0.3, -0.25) is 4.79 Å². The Morgan fingerprint density at radius 1 is 1.17 bits per heavy atom. The van der Waals surface area contributed by atoms with Crippen molar-refractivity contribution in [1.82, 2.24) is 9.97 Å². The molecule has 35 heavy (non-hydrogen) atoms. The van der Waals surface area contributed by atoms with Gasteiger partial charge in [0.25, 0.3) is 11.8 Å². The summed E-state index contributed by atoms with van der Waals surface area (Å²) >= 11 is 0. The molecule has 3 rings (SSSR count). The number of carbonyl (C=O) groups is 1. The van der Waals surface area contributed by atoms with Crippen LogP contribution in [0.2, 0.25) is 0 Å². The summed E-state index contributed by atoms with van der Waals surface area (Å²) in [6.45, 7) is 1.85. The van der Waals surface area contributed by atoms with Crippen LogP contribution < -0.4 is 14.4 Å². The number of hydrogen-bond acceptors (Lipinski definition) is 6. The molecule has 0 radical (unpaired) electrons. The van der Waals surface area contributed by atoms with Crippen LogP contribution in [0, 0.1) is 5.82 Å². The fraction of sp³-hybridized carbons (Fsp3) is 0.522. The largest absolute Gasteiger partial charge is 0.489 e. The molecule has 2 atom stereocenters. The number of nitrogens with zero attached hydrogens (tertiary/aromatic N) is 3. The van der Waals surface area contributed by atoms with Crippen molar-refractivity contribution < 1.29 is 40.6 Å². The zero-order valence-electron chi connectivity index (χ0n) is 19.1. The Kier molecular flexibility index (Phi) is 8.11. The van der Waals surface area contributed by atoms with Gasteiger partial charge in [-0.15, -0.1) is 0 Å². The molecule has 1 aromatic carbocycles. The Morgan fingerprint density at radius 2 is 1.86 bits per heavy atom. The SMILES string of the molecule is CC(C(=O)CCC(F)(F)F)c1ccc(OC2CCN(c3ncnc(OCC(C)(F)F)c3F)C2)cc1. The number of benzene rings is 1. The molecule has 1 aliphatic rings. The van der Waals surface area contributed by atoms with E-state index in [0.29, 0.717) is 31.2 Å². The van der Waals surface area contributed by atoms with Crippen LogP contribution in [0.4, 0.5) is 32.2 Å². The van der Waals surface area contributed by atoms with Gasteiger partial charge in [0, 0.05) is 32.2 Å². The van der Waals surface area contributed by atoms with Crippen LogP contribution in [0.25, 0.3) is 0 Å². The van der Waals surface area contributed by atoms with Crippen LogP contribution in [0.3, 0.4) is 0 Å². The molecule has 1 fully saturated rings. The van der Waals surface area contributed by atoms with E-state index in [-0.39, 0.29) is 18.5 Å². The summed E-state index contributed by atoms with van der Waals surface area (Å²) in [4.78, 5) is 21.1. The van der Waals surface area contributed by atoms with Gasteiger partial charge in [-0.2, -0.15) is 22.5 Å². The minimum atomic E-state index is -4.38. The number of anilines is 1. The predicted molar refractivity (Wildman–Crippen MR) is 115 cm³/mol. The van der Waals surface area contributed by atoms with Crippen LogP contribution in [-0.2, 0) is 4.79 Å². The molecule has 2 heterocycles. The lowest BCUT2D eigenvalue weighted by Gasteiger charge is -2.20. The zero-order valence-corrected chi connectivity index (χ0v) is 19.1. The third-order valence-corrected chi connectivity index (χ3v) is 5.47. The van der Waals surface area contributed by atoms with Crippen molar-refractivity contribution in [2.24, 2.45) is 0 Å². The maximum absolute atomic E-state index is 14.7. The first-order valence-electron chi connectivity index (χ1n) is 10.9. The van der Waals surface area contributed by atoms with Crippen molar-refractivity contribution in [3.63, 3.8) is 0 Å². The normalized spacial score (nSPS) is 17.4. The quantitative estimate of drug-likeness (QED) is 0.407. The number of carbonyl (C=O) groups excluding carboxylic acids is 1. The van der Waals surface area contributed by atoms with Crippen molar-refractivity contribution >= 4 is 11.6 Å². The number of alkyl halides is 5. The molecule has 1 aromatic heterocycles. The Labute approximate surface area is 198 Å². The summed E-state index contributed by atoms with van der Waals surface area (Å²) in [6.07, 6.45) is -4.87. The first-order valence-corrected chi connectivity index (χ1v) is 10.9. The van der Waals surface area contributed by atoms with E-state index in [1.165, 1.54) is 0 Å². The molecule has 12 heteroatoms. The monoisotopic (exact) mass is 505 g/mol. The molecule has 0 aliphatic carbocycles. The fourth-order valence-electron chi connectivity index (χ4n) is 3.57. The first-order chi connectivity index (χ1) is 16.3. The fourth-order valence-corrected chi connectivity index (χ4v) is 3.57. The third-order valence-electron chi connectivity index (χ3n) is 5.47. The van der Waals surface area contributed by atoms with Crippen molar-refractivity contribution in [2.75, 3.05) is 24.6 Å². The van der Waals surface area contributed by atoms with Gasteiger partial charge in [-0.05, 0) is 17.7 Å². The van der Waals surface area contributed by atoms with Gasteiger partial charge in [-0.25, -0.2) is 13.8 Å². The molecule has 192 valence electrons. The van der Waals surface area contributed by atoms with Crippen LogP contribution in [0.5, 0.6) is 11.6 Å². The van der Waals surface area contributed by atoms with E-state index in [9.17, 15) is 31.1 Å². The van der Waals surface area contributed by atoms with Gasteiger partial charge < -0.3 is 14.4 Å². The Morgan fingerprint density at radius 3 is 2.49 bits per heavy atom. The van der Waals surface area contributed by atoms with Crippen molar-refractivity contribution in [3.8, 4) is 11.6 Å². The van der Waals surface area contributed by atoms with E-state index in [0.717, 1.165) is 6.33 Å². The van der Waals surface area contributed by atoms with Crippen molar-refractivity contribution in [1.29, 1.82) is 0 Å². The minimum absolute atomic E-state index is 0.0814. The third kappa shape index (κ3) is 7.72. The molecule has 1 saturated heterocycles. The van der Waals surface area contributed by atoms with E-state index < -0.39 is 54.9 Å². The molecule has 0 bridgehead atoms. The van der Waals surface area contributed by atoms with Gasteiger partial charge in [0.1, 0.15) is 24.0 Å². The average Bonchev–Trinajstić information content (AvgIpc) is 3.24. The number of aromatic nitrogens is 2. The van der Waals surface area contributed by atoms with Crippen LogP contribution in [0.1, 0.15) is 44.6 Å².